The number of carbonyl (C=O) groups is 1. The molecule has 4 aliphatic rings. The zero-order valence-electron chi connectivity index (χ0n) is 16.1. The summed E-state index contributed by atoms with van der Waals surface area (Å²) in [5.41, 5.74) is 1.28. The molecule has 5 rings (SSSR count). The first kappa shape index (κ1) is 18.2. The lowest BCUT2D eigenvalue weighted by molar-refractivity contribution is -0.131. The fraction of sp³-hybridized carbons (Fsp3) is 0.682. The number of rotatable bonds is 5. The van der Waals surface area contributed by atoms with Crippen molar-refractivity contribution in [1.29, 1.82) is 0 Å². The molecule has 4 heteroatoms. The number of hydrogen-bond donors (Lipinski definition) is 1. The molecule has 26 heavy (non-hydrogen) atoms. The maximum atomic E-state index is 12.7. The van der Waals surface area contributed by atoms with E-state index in [4.69, 9.17) is 16.3 Å². The Hall–Kier alpha value is -1.22. The summed E-state index contributed by atoms with van der Waals surface area (Å²) < 4.78 is 5.86. The van der Waals surface area contributed by atoms with E-state index in [-0.39, 0.29) is 11.9 Å². The summed E-state index contributed by atoms with van der Waals surface area (Å²) in [6.07, 6.45) is 7.66. The number of ether oxygens (including phenoxy) is 1. The molecule has 4 fully saturated rings. The lowest BCUT2D eigenvalue weighted by atomic mass is 9.48. The van der Waals surface area contributed by atoms with Crippen molar-refractivity contribution in [2.45, 2.75) is 71.4 Å². The van der Waals surface area contributed by atoms with E-state index >= 15 is 0 Å². The highest BCUT2D eigenvalue weighted by Crippen LogP contribution is 2.61. The van der Waals surface area contributed by atoms with Gasteiger partial charge < -0.3 is 10.1 Å². The Kier molecular flexibility index (Phi) is 4.71. The van der Waals surface area contributed by atoms with Crippen molar-refractivity contribution >= 4 is 17.5 Å². The topological polar surface area (TPSA) is 38.3 Å². The molecule has 1 aromatic carbocycles. The van der Waals surface area contributed by atoms with Crippen molar-refractivity contribution < 1.29 is 9.53 Å². The van der Waals surface area contributed by atoms with Crippen molar-refractivity contribution in [3.8, 4) is 5.75 Å². The van der Waals surface area contributed by atoms with Crippen LogP contribution >= 0.6 is 11.6 Å². The number of halogens is 1. The average molecular weight is 376 g/mol. The molecule has 0 aromatic heterocycles. The van der Waals surface area contributed by atoms with Gasteiger partial charge in [0.05, 0.1) is 0 Å². The second-order valence-electron chi connectivity index (χ2n) is 9.18. The van der Waals surface area contributed by atoms with E-state index in [1.807, 2.05) is 32.0 Å². The highest BCUT2D eigenvalue weighted by atomic mass is 35.5. The van der Waals surface area contributed by atoms with E-state index in [1.165, 1.54) is 38.5 Å². The van der Waals surface area contributed by atoms with Crippen molar-refractivity contribution in [1.82, 2.24) is 5.32 Å². The summed E-state index contributed by atoms with van der Waals surface area (Å²) in [5, 5.41) is 4.01. The summed E-state index contributed by atoms with van der Waals surface area (Å²) >= 11 is 6.06. The van der Waals surface area contributed by atoms with E-state index in [9.17, 15) is 4.79 Å². The Bertz CT molecular complexity index is 666. The molecule has 142 valence electrons. The molecule has 3 nitrogen and oxygen atoms in total. The molecule has 0 aliphatic heterocycles. The van der Waals surface area contributed by atoms with Crippen LogP contribution in [0.3, 0.4) is 0 Å². The van der Waals surface area contributed by atoms with Gasteiger partial charge in [0.2, 0.25) is 0 Å². The third kappa shape index (κ3) is 3.35. The minimum Gasteiger partial charge on any atom is -0.481 e. The average Bonchev–Trinajstić information content (AvgIpc) is 2.57. The number of benzene rings is 1. The summed E-state index contributed by atoms with van der Waals surface area (Å²) in [5.74, 6) is 3.36. The molecule has 0 heterocycles. The molecular weight excluding hydrogens is 346 g/mol. The maximum absolute atomic E-state index is 12.7. The molecule has 2 atom stereocenters. The fourth-order valence-electron chi connectivity index (χ4n) is 6.14. The van der Waals surface area contributed by atoms with Gasteiger partial charge in [-0.05, 0) is 106 Å². The highest BCUT2D eigenvalue weighted by Gasteiger charge is 2.53. The normalized spacial score (nSPS) is 34.4. The largest absolute Gasteiger partial charge is 0.481 e. The van der Waals surface area contributed by atoms with Crippen molar-refractivity contribution in [3.05, 3.63) is 28.8 Å². The van der Waals surface area contributed by atoms with Crippen LogP contribution in [-0.4, -0.2) is 18.1 Å². The van der Waals surface area contributed by atoms with Crippen LogP contribution in [0.1, 0.15) is 57.9 Å². The summed E-state index contributed by atoms with van der Waals surface area (Å²) in [4.78, 5) is 12.7. The van der Waals surface area contributed by atoms with Gasteiger partial charge in [0.15, 0.2) is 6.10 Å². The highest BCUT2D eigenvalue weighted by molar-refractivity contribution is 6.31. The second kappa shape index (κ2) is 6.74. The Labute approximate surface area is 161 Å². The summed E-state index contributed by atoms with van der Waals surface area (Å²) in [7, 11) is 0. The standard InChI is InChI=1S/C22H30ClNO2/c1-13-6-19(4-5-20(13)23)26-14(2)21(25)24-15(3)22-10-16-7-17(11-22)9-18(8-16)12-22/h4-6,14-18H,7-12H2,1-3H3,(H,24,25)/t14-,15-,16?,17?,18?,22?/m0/s1. The molecule has 4 saturated carbocycles. The fourth-order valence-corrected chi connectivity index (χ4v) is 6.26. The second-order valence-corrected chi connectivity index (χ2v) is 9.59. The molecule has 1 amide bonds. The minimum absolute atomic E-state index is 0.0131. The van der Waals surface area contributed by atoms with Gasteiger partial charge >= 0.3 is 0 Å². The van der Waals surface area contributed by atoms with Crippen LogP contribution in [-0.2, 0) is 4.79 Å². The monoisotopic (exact) mass is 375 g/mol. The molecular formula is C22H30ClNO2. The first-order chi connectivity index (χ1) is 12.3. The van der Waals surface area contributed by atoms with Crippen LogP contribution in [0.2, 0.25) is 5.02 Å². The molecule has 0 unspecified atom stereocenters. The lowest BCUT2D eigenvalue weighted by Gasteiger charge is -2.59. The lowest BCUT2D eigenvalue weighted by Crippen LogP contribution is -2.57. The van der Waals surface area contributed by atoms with Gasteiger partial charge in [-0.2, -0.15) is 0 Å². The van der Waals surface area contributed by atoms with Crippen LogP contribution in [0.25, 0.3) is 0 Å². The molecule has 1 N–H and O–H groups in total. The van der Waals surface area contributed by atoms with Crippen LogP contribution in [0.5, 0.6) is 5.75 Å². The van der Waals surface area contributed by atoms with Gasteiger partial charge in [0.1, 0.15) is 5.75 Å². The molecule has 1 aromatic rings. The Morgan fingerprint density at radius 3 is 2.27 bits per heavy atom. The quantitative estimate of drug-likeness (QED) is 0.774. The van der Waals surface area contributed by atoms with Crippen molar-refractivity contribution in [2.24, 2.45) is 23.2 Å². The maximum Gasteiger partial charge on any atom is 0.261 e. The van der Waals surface area contributed by atoms with Crippen LogP contribution in [0.15, 0.2) is 18.2 Å². The number of nitrogens with one attached hydrogen (secondary N) is 1. The van der Waals surface area contributed by atoms with E-state index in [0.29, 0.717) is 16.2 Å². The van der Waals surface area contributed by atoms with Crippen molar-refractivity contribution in [3.63, 3.8) is 0 Å². The van der Waals surface area contributed by atoms with Gasteiger partial charge in [-0.15, -0.1) is 0 Å². The van der Waals surface area contributed by atoms with Crippen LogP contribution < -0.4 is 10.1 Å². The van der Waals surface area contributed by atoms with Crippen LogP contribution in [0.4, 0.5) is 0 Å². The zero-order chi connectivity index (χ0) is 18.5. The Morgan fingerprint density at radius 2 is 1.73 bits per heavy atom. The van der Waals surface area contributed by atoms with Gasteiger partial charge in [-0.3, -0.25) is 4.79 Å². The first-order valence-electron chi connectivity index (χ1n) is 10.1. The molecule has 4 bridgehead atoms. The van der Waals surface area contributed by atoms with Crippen molar-refractivity contribution in [2.75, 3.05) is 0 Å². The number of amides is 1. The summed E-state index contributed by atoms with van der Waals surface area (Å²) in [6.45, 7) is 5.98. The Morgan fingerprint density at radius 1 is 1.15 bits per heavy atom. The third-order valence-electron chi connectivity index (χ3n) is 7.17. The SMILES string of the molecule is Cc1cc(O[C@@H](C)C(=O)N[C@@H](C)C23CC4CC(CC(C4)C2)C3)ccc1Cl. The molecule has 0 saturated heterocycles. The number of hydrogen-bond acceptors (Lipinski definition) is 2. The smallest absolute Gasteiger partial charge is 0.261 e. The number of carbonyl (C=O) groups excluding carboxylic acids is 1. The third-order valence-corrected chi connectivity index (χ3v) is 7.60. The van der Waals surface area contributed by atoms with E-state index in [2.05, 4.69) is 12.2 Å². The summed E-state index contributed by atoms with van der Waals surface area (Å²) in [6, 6.07) is 5.74. The first-order valence-corrected chi connectivity index (χ1v) is 10.5. The van der Waals surface area contributed by atoms with E-state index in [1.54, 1.807) is 0 Å². The number of aryl methyl sites for hydroxylation is 1. The van der Waals surface area contributed by atoms with E-state index in [0.717, 1.165) is 23.3 Å². The van der Waals surface area contributed by atoms with Gasteiger partial charge in [0.25, 0.3) is 5.91 Å². The van der Waals surface area contributed by atoms with Gasteiger partial charge in [0, 0.05) is 11.1 Å². The minimum atomic E-state index is -0.507. The molecule has 0 radical (unpaired) electrons. The Balaban J connectivity index is 1.38. The van der Waals surface area contributed by atoms with Gasteiger partial charge in [-0.1, -0.05) is 11.6 Å². The predicted molar refractivity (Wildman–Crippen MR) is 104 cm³/mol. The van der Waals surface area contributed by atoms with Crippen LogP contribution in [0, 0.1) is 30.1 Å². The predicted octanol–water partition coefficient (Wildman–Crippen LogP) is 5.14. The molecule has 0 spiro atoms. The zero-order valence-corrected chi connectivity index (χ0v) is 16.8. The molecule has 4 aliphatic carbocycles. The van der Waals surface area contributed by atoms with E-state index < -0.39 is 6.10 Å². The van der Waals surface area contributed by atoms with Gasteiger partial charge in [-0.25, -0.2) is 0 Å².